The van der Waals surface area contributed by atoms with E-state index in [1.54, 1.807) is 37.4 Å². The second kappa shape index (κ2) is 6.53. The molecule has 1 heterocycles. The molecule has 2 aromatic carbocycles. The third kappa shape index (κ3) is 3.21. The van der Waals surface area contributed by atoms with Crippen LogP contribution in [0.4, 0.5) is 11.4 Å². The van der Waals surface area contributed by atoms with Gasteiger partial charge in [0.15, 0.2) is 0 Å². The van der Waals surface area contributed by atoms with Crippen molar-refractivity contribution in [2.75, 3.05) is 23.9 Å². The van der Waals surface area contributed by atoms with Gasteiger partial charge in [0, 0.05) is 23.3 Å². The number of carbonyl (C=O) groups is 2. The predicted molar refractivity (Wildman–Crippen MR) is 94.1 cm³/mol. The number of aryl methyl sites for hydroxylation is 1. The Balaban J connectivity index is 1.90. The molecule has 2 aromatic rings. The molecule has 5 nitrogen and oxygen atoms in total. The third-order valence-corrected chi connectivity index (χ3v) is 4.21. The second-order valence-corrected chi connectivity index (χ2v) is 6.08. The Hall–Kier alpha value is -2.53. The Bertz CT molecular complexity index is 820. The number of carbonyl (C=O) groups excluding carboxylic acids is 2. The molecule has 0 radical (unpaired) electrons. The Kier molecular flexibility index (Phi) is 4.44. The summed E-state index contributed by atoms with van der Waals surface area (Å²) in [5.74, 6) is 0.282. The van der Waals surface area contributed by atoms with Crippen LogP contribution in [-0.4, -0.2) is 25.5 Å². The number of benzene rings is 2. The first-order valence-electron chi connectivity index (χ1n) is 7.56. The van der Waals surface area contributed by atoms with Gasteiger partial charge >= 0.3 is 0 Å². The van der Waals surface area contributed by atoms with Gasteiger partial charge in [-0.3, -0.25) is 9.59 Å². The third-order valence-electron chi connectivity index (χ3n) is 3.98. The van der Waals surface area contributed by atoms with E-state index in [-0.39, 0.29) is 11.8 Å². The van der Waals surface area contributed by atoms with Gasteiger partial charge in [-0.15, -0.1) is 0 Å². The Morgan fingerprint density at radius 2 is 2.04 bits per heavy atom. The van der Waals surface area contributed by atoms with Crippen LogP contribution in [0.2, 0.25) is 5.02 Å². The van der Waals surface area contributed by atoms with Gasteiger partial charge in [-0.1, -0.05) is 17.7 Å². The summed E-state index contributed by atoms with van der Waals surface area (Å²) < 4.78 is 5.57. The fraction of sp³-hybridized carbons (Fsp3) is 0.222. The fourth-order valence-electron chi connectivity index (χ4n) is 2.52. The molecule has 0 aliphatic carbocycles. The molecule has 1 N–H and O–H groups in total. The molecule has 0 aromatic heterocycles. The lowest BCUT2D eigenvalue weighted by Crippen LogP contribution is -2.25. The molecule has 24 heavy (non-hydrogen) atoms. The highest BCUT2D eigenvalue weighted by molar-refractivity contribution is 6.31. The van der Waals surface area contributed by atoms with E-state index in [4.69, 9.17) is 16.3 Å². The molecule has 0 saturated carbocycles. The predicted octanol–water partition coefficient (Wildman–Crippen LogP) is 3.65. The van der Waals surface area contributed by atoms with Crippen molar-refractivity contribution in [2.24, 2.45) is 0 Å². The Labute approximate surface area is 145 Å². The summed E-state index contributed by atoms with van der Waals surface area (Å²) in [5, 5.41) is 3.40. The van der Waals surface area contributed by atoms with Crippen LogP contribution in [0.5, 0.6) is 5.75 Å². The van der Waals surface area contributed by atoms with Gasteiger partial charge in [0.1, 0.15) is 5.75 Å². The van der Waals surface area contributed by atoms with Crippen molar-refractivity contribution in [3.8, 4) is 5.75 Å². The van der Waals surface area contributed by atoms with Gasteiger partial charge in [0.2, 0.25) is 5.91 Å². The SMILES string of the molecule is Cc1ccc(Cl)cc1NC(=O)c1ccc2c(c1)N(C)C(=O)CCO2. The molecule has 1 aliphatic rings. The van der Waals surface area contributed by atoms with Crippen LogP contribution < -0.4 is 15.0 Å². The molecule has 2 amide bonds. The number of fused-ring (bicyclic) bond motifs is 1. The van der Waals surface area contributed by atoms with E-state index in [1.165, 1.54) is 4.90 Å². The zero-order valence-electron chi connectivity index (χ0n) is 13.4. The molecular weight excluding hydrogens is 328 g/mol. The zero-order valence-corrected chi connectivity index (χ0v) is 14.2. The minimum Gasteiger partial charge on any atom is -0.491 e. The smallest absolute Gasteiger partial charge is 0.255 e. The summed E-state index contributed by atoms with van der Waals surface area (Å²) in [5.41, 5.74) is 2.60. The second-order valence-electron chi connectivity index (χ2n) is 5.65. The van der Waals surface area contributed by atoms with Crippen LogP contribution in [0.3, 0.4) is 0 Å². The topological polar surface area (TPSA) is 58.6 Å². The summed E-state index contributed by atoms with van der Waals surface area (Å²) in [6.07, 6.45) is 0.314. The van der Waals surface area contributed by atoms with Crippen LogP contribution in [0.25, 0.3) is 0 Å². The molecule has 1 aliphatic heterocycles. The standard InChI is InChI=1S/C18H17ClN2O3/c1-11-3-5-13(19)10-14(11)20-18(23)12-4-6-16-15(9-12)21(2)17(22)7-8-24-16/h3-6,9-10H,7-8H2,1-2H3,(H,20,23). The maximum atomic E-state index is 12.5. The first kappa shape index (κ1) is 16.3. The highest BCUT2D eigenvalue weighted by Gasteiger charge is 2.21. The summed E-state index contributed by atoms with van der Waals surface area (Å²) in [4.78, 5) is 26.0. The Morgan fingerprint density at radius 3 is 2.83 bits per heavy atom. The molecule has 124 valence electrons. The molecule has 0 unspecified atom stereocenters. The van der Waals surface area contributed by atoms with Crippen molar-refractivity contribution in [3.63, 3.8) is 0 Å². The molecule has 0 spiro atoms. The normalized spacial score (nSPS) is 13.8. The zero-order chi connectivity index (χ0) is 17.3. The van der Waals surface area contributed by atoms with Crippen LogP contribution >= 0.6 is 11.6 Å². The molecule has 0 atom stereocenters. The van der Waals surface area contributed by atoms with Crippen molar-refractivity contribution in [3.05, 3.63) is 52.5 Å². The lowest BCUT2D eigenvalue weighted by atomic mass is 10.1. The van der Waals surface area contributed by atoms with Crippen molar-refractivity contribution in [1.29, 1.82) is 0 Å². The number of ether oxygens (including phenoxy) is 1. The first-order valence-corrected chi connectivity index (χ1v) is 7.94. The highest BCUT2D eigenvalue weighted by Crippen LogP contribution is 2.32. The average molecular weight is 345 g/mol. The van der Waals surface area contributed by atoms with Gasteiger partial charge in [-0.2, -0.15) is 0 Å². The maximum absolute atomic E-state index is 12.5. The van der Waals surface area contributed by atoms with Gasteiger partial charge in [0.05, 0.1) is 18.7 Å². The number of hydrogen-bond donors (Lipinski definition) is 1. The largest absolute Gasteiger partial charge is 0.491 e. The van der Waals surface area contributed by atoms with Gasteiger partial charge in [0.25, 0.3) is 5.91 Å². The molecule has 3 rings (SSSR count). The van der Waals surface area contributed by atoms with E-state index in [2.05, 4.69) is 5.32 Å². The monoisotopic (exact) mass is 344 g/mol. The van der Waals surface area contributed by atoms with E-state index in [1.807, 2.05) is 13.0 Å². The van der Waals surface area contributed by atoms with E-state index < -0.39 is 0 Å². The quantitative estimate of drug-likeness (QED) is 0.904. The number of nitrogens with zero attached hydrogens (tertiary/aromatic N) is 1. The number of amides is 2. The van der Waals surface area contributed by atoms with Crippen LogP contribution in [0.1, 0.15) is 22.3 Å². The van der Waals surface area contributed by atoms with Gasteiger partial charge in [-0.05, 0) is 42.8 Å². The number of halogens is 1. The molecule has 0 fully saturated rings. The summed E-state index contributed by atoms with van der Waals surface area (Å²) in [6, 6.07) is 10.4. The minimum atomic E-state index is -0.270. The summed E-state index contributed by atoms with van der Waals surface area (Å²) in [6.45, 7) is 2.23. The fourth-order valence-corrected chi connectivity index (χ4v) is 2.69. The maximum Gasteiger partial charge on any atom is 0.255 e. The van der Waals surface area contributed by atoms with Crippen molar-refractivity contribution in [1.82, 2.24) is 0 Å². The number of nitrogens with one attached hydrogen (secondary N) is 1. The highest BCUT2D eigenvalue weighted by atomic mass is 35.5. The van der Waals surface area contributed by atoms with Crippen molar-refractivity contribution >= 4 is 34.8 Å². The number of anilines is 2. The van der Waals surface area contributed by atoms with E-state index in [0.29, 0.717) is 40.7 Å². The van der Waals surface area contributed by atoms with Crippen LogP contribution in [0.15, 0.2) is 36.4 Å². The number of rotatable bonds is 2. The van der Waals surface area contributed by atoms with E-state index in [0.717, 1.165) is 5.56 Å². The van der Waals surface area contributed by atoms with Crippen LogP contribution in [-0.2, 0) is 4.79 Å². The lowest BCUT2D eigenvalue weighted by molar-refractivity contribution is -0.118. The van der Waals surface area contributed by atoms with Crippen molar-refractivity contribution < 1.29 is 14.3 Å². The lowest BCUT2D eigenvalue weighted by Gasteiger charge is -2.17. The van der Waals surface area contributed by atoms with Crippen LogP contribution in [0, 0.1) is 6.92 Å². The molecule has 0 saturated heterocycles. The first-order chi connectivity index (χ1) is 11.5. The molecule has 6 heteroatoms. The van der Waals surface area contributed by atoms with Gasteiger partial charge < -0.3 is 15.0 Å². The van der Waals surface area contributed by atoms with E-state index >= 15 is 0 Å². The number of hydrogen-bond acceptors (Lipinski definition) is 3. The van der Waals surface area contributed by atoms with E-state index in [9.17, 15) is 9.59 Å². The minimum absolute atomic E-state index is 0.0445. The molecule has 0 bridgehead atoms. The Morgan fingerprint density at radius 1 is 1.25 bits per heavy atom. The van der Waals surface area contributed by atoms with Crippen molar-refractivity contribution in [2.45, 2.75) is 13.3 Å². The molecular formula is C18H17ClN2O3. The summed E-state index contributed by atoms with van der Waals surface area (Å²) in [7, 11) is 1.68. The van der Waals surface area contributed by atoms with Gasteiger partial charge in [-0.25, -0.2) is 0 Å². The summed E-state index contributed by atoms with van der Waals surface area (Å²) >= 11 is 5.98. The average Bonchev–Trinajstić information content (AvgIpc) is 2.70.